The molecule has 5 heteroatoms. The standard InChI is InChI=1S/C18H13ClN4/c1-12-4-5-16(19)15(9-12)18-14(3-2-7-20-18)13-6-8-23-17(10-13)21-11-22-23/h2-11H,1H3. The van der Waals surface area contributed by atoms with Crippen molar-refractivity contribution in [1.82, 2.24) is 19.6 Å². The SMILES string of the molecule is Cc1ccc(Cl)c(-c2ncccc2-c2ccn3ncnc3c2)c1. The van der Waals surface area contributed by atoms with Crippen molar-refractivity contribution < 1.29 is 0 Å². The molecule has 23 heavy (non-hydrogen) atoms. The van der Waals surface area contributed by atoms with Crippen LogP contribution < -0.4 is 0 Å². The van der Waals surface area contributed by atoms with Crippen LogP contribution in [0.2, 0.25) is 5.02 Å². The van der Waals surface area contributed by atoms with E-state index in [1.165, 1.54) is 0 Å². The van der Waals surface area contributed by atoms with Gasteiger partial charge in [0.15, 0.2) is 5.65 Å². The summed E-state index contributed by atoms with van der Waals surface area (Å²) >= 11 is 6.40. The van der Waals surface area contributed by atoms with Gasteiger partial charge in [-0.05, 0) is 42.8 Å². The van der Waals surface area contributed by atoms with E-state index in [0.717, 1.165) is 33.6 Å². The smallest absolute Gasteiger partial charge is 0.155 e. The van der Waals surface area contributed by atoms with Crippen molar-refractivity contribution in [2.75, 3.05) is 0 Å². The number of hydrogen-bond acceptors (Lipinski definition) is 3. The highest BCUT2D eigenvalue weighted by atomic mass is 35.5. The van der Waals surface area contributed by atoms with Gasteiger partial charge >= 0.3 is 0 Å². The quantitative estimate of drug-likeness (QED) is 0.549. The summed E-state index contributed by atoms with van der Waals surface area (Å²) in [6.07, 6.45) is 5.22. The Balaban J connectivity index is 1.94. The number of hydrogen-bond donors (Lipinski definition) is 0. The summed E-state index contributed by atoms with van der Waals surface area (Å²) < 4.78 is 1.74. The number of nitrogens with zero attached hydrogens (tertiary/aromatic N) is 4. The van der Waals surface area contributed by atoms with Crippen LogP contribution in [0, 0.1) is 6.92 Å². The molecule has 0 amide bonds. The van der Waals surface area contributed by atoms with Crippen molar-refractivity contribution in [3.8, 4) is 22.4 Å². The highest BCUT2D eigenvalue weighted by Crippen LogP contribution is 2.34. The number of pyridine rings is 2. The lowest BCUT2D eigenvalue weighted by molar-refractivity contribution is 0.962. The molecule has 0 N–H and O–H groups in total. The lowest BCUT2D eigenvalue weighted by Crippen LogP contribution is -1.92. The minimum Gasteiger partial charge on any atom is -0.256 e. The first-order valence-electron chi connectivity index (χ1n) is 7.24. The number of rotatable bonds is 2. The van der Waals surface area contributed by atoms with Crippen LogP contribution in [-0.2, 0) is 0 Å². The summed E-state index contributed by atoms with van der Waals surface area (Å²) in [4.78, 5) is 8.81. The van der Waals surface area contributed by atoms with Crippen molar-refractivity contribution in [3.63, 3.8) is 0 Å². The Morgan fingerprint density at radius 2 is 1.91 bits per heavy atom. The fourth-order valence-corrected chi connectivity index (χ4v) is 2.86. The molecule has 0 fully saturated rings. The van der Waals surface area contributed by atoms with Gasteiger partial charge in [0.25, 0.3) is 0 Å². The zero-order chi connectivity index (χ0) is 15.8. The highest BCUT2D eigenvalue weighted by Gasteiger charge is 2.12. The summed E-state index contributed by atoms with van der Waals surface area (Å²) in [6, 6.07) is 13.9. The van der Waals surface area contributed by atoms with Crippen LogP contribution in [0.5, 0.6) is 0 Å². The summed E-state index contributed by atoms with van der Waals surface area (Å²) in [5, 5.41) is 4.82. The number of benzene rings is 1. The molecule has 1 aromatic carbocycles. The Labute approximate surface area is 138 Å². The van der Waals surface area contributed by atoms with Crippen LogP contribution in [0.1, 0.15) is 5.56 Å². The maximum absolute atomic E-state index is 6.40. The van der Waals surface area contributed by atoms with Crippen molar-refractivity contribution in [2.45, 2.75) is 6.92 Å². The molecule has 0 radical (unpaired) electrons. The second-order valence-corrected chi connectivity index (χ2v) is 5.77. The maximum atomic E-state index is 6.40. The van der Waals surface area contributed by atoms with E-state index in [-0.39, 0.29) is 0 Å². The van der Waals surface area contributed by atoms with Crippen LogP contribution in [0.15, 0.2) is 61.2 Å². The van der Waals surface area contributed by atoms with Crippen molar-refractivity contribution in [3.05, 3.63) is 71.8 Å². The molecule has 112 valence electrons. The predicted octanol–water partition coefficient (Wildman–Crippen LogP) is 4.42. The van der Waals surface area contributed by atoms with E-state index in [4.69, 9.17) is 11.6 Å². The molecule has 0 unspecified atom stereocenters. The molecule has 4 nitrogen and oxygen atoms in total. The Hall–Kier alpha value is -2.72. The summed E-state index contributed by atoms with van der Waals surface area (Å²) in [5.74, 6) is 0. The number of halogens is 1. The third kappa shape index (κ3) is 2.47. The molecule has 4 aromatic rings. The number of aryl methyl sites for hydroxylation is 1. The first kappa shape index (κ1) is 13.9. The molecule has 0 aliphatic carbocycles. The lowest BCUT2D eigenvalue weighted by Gasteiger charge is -2.11. The molecule has 0 aliphatic rings. The summed E-state index contributed by atoms with van der Waals surface area (Å²) in [6.45, 7) is 2.05. The van der Waals surface area contributed by atoms with Gasteiger partial charge in [-0.2, -0.15) is 5.10 Å². The molecular weight excluding hydrogens is 308 g/mol. The Morgan fingerprint density at radius 1 is 1.00 bits per heavy atom. The van der Waals surface area contributed by atoms with Crippen molar-refractivity contribution in [2.24, 2.45) is 0 Å². The molecule has 0 bridgehead atoms. The van der Waals surface area contributed by atoms with Crippen molar-refractivity contribution >= 4 is 17.2 Å². The predicted molar refractivity (Wildman–Crippen MR) is 91.4 cm³/mol. The second kappa shape index (κ2) is 5.48. The van der Waals surface area contributed by atoms with E-state index in [2.05, 4.69) is 21.1 Å². The molecule has 0 saturated carbocycles. The Bertz CT molecular complexity index is 1010. The van der Waals surface area contributed by atoms with E-state index < -0.39 is 0 Å². The molecule has 3 heterocycles. The van der Waals surface area contributed by atoms with E-state index in [1.807, 2.05) is 49.5 Å². The topological polar surface area (TPSA) is 43.1 Å². The third-order valence-electron chi connectivity index (χ3n) is 3.78. The third-order valence-corrected chi connectivity index (χ3v) is 4.11. The number of fused-ring (bicyclic) bond motifs is 1. The van der Waals surface area contributed by atoms with E-state index in [9.17, 15) is 0 Å². The lowest BCUT2D eigenvalue weighted by atomic mass is 9.99. The Morgan fingerprint density at radius 3 is 2.83 bits per heavy atom. The average Bonchev–Trinajstić information content (AvgIpc) is 3.05. The molecule has 0 saturated heterocycles. The molecule has 0 spiro atoms. The van der Waals surface area contributed by atoms with Crippen LogP contribution >= 0.6 is 11.6 Å². The van der Waals surface area contributed by atoms with Gasteiger partial charge in [0.05, 0.1) is 5.69 Å². The van der Waals surface area contributed by atoms with Gasteiger partial charge in [-0.15, -0.1) is 0 Å². The van der Waals surface area contributed by atoms with Gasteiger partial charge in [-0.1, -0.05) is 29.3 Å². The van der Waals surface area contributed by atoms with Gasteiger partial charge in [0, 0.05) is 28.5 Å². The second-order valence-electron chi connectivity index (χ2n) is 5.36. The van der Waals surface area contributed by atoms with Crippen LogP contribution in [-0.4, -0.2) is 19.6 Å². The van der Waals surface area contributed by atoms with E-state index in [0.29, 0.717) is 5.02 Å². The minimum absolute atomic E-state index is 0.694. The van der Waals surface area contributed by atoms with Crippen LogP contribution in [0.3, 0.4) is 0 Å². The minimum atomic E-state index is 0.694. The summed E-state index contributed by atoms with van der Waals surface area (Å²) in [5.41, 5.74) is 5.80. The molecule has 0 atom stereocenters. The van der Waals surface area contributed by atoms with Crippen LogP contribution in [0.25, 0.3) is 28.0 Å². The monoisotopic (exact) mass is 320 g/mol. The fourth-order valence-electron chi connectivity index (χ4n) is 2.66. The first-order chi connectivity index (χ1) is 11.2. The normalized spacial score (nSPS) is 11.0. The fraction of sp³-hybridized carbons (Fsp3) is 0.0556. The first-order valence-corrected chi connectivity index (χ1v) is 7.61. The van der Waals surface area contributed by atoms with Crippen molar-refractivity contribution in [1.29, 1.82) is 0 Å². The van der Waals surface area contributed by atoms with Crippen LogP contribution in [0.4, 0.5) is 0 Å². The van der Waals surface area contributed by atoms with Gasteiger partial charge in [-0.25, -0.2) is 9.50 Å². The molecule has 3 aromatic heterocycles. The molecule has 0 aliphatic heterocycles. The van der Waals surface area contributed by atoms with Gasteiger partial charge < -0.3 is 0 Å². The zero-order valence-corrected chi connectivity index (χ0v) is 13.2. The largest absolute Gasteiger partial charge is 0.256 e. The van der Waals surface area contributed by atoms with E-state index in [1.54, 1.807) is 17.0 Å². The Kier molecular flexibility index (Phi) is 3.32. The number of aromatic nitrogens is 4. The van der Waals surface area contributed by atoms with Gasteiger partial charge in [0.1, 0.15) is 6.33 Å². The maximum Gasteiger partial charge on any atom is 0.155 e. The van der Waals surface area contributed by atoms with E-state index >= 15 is 0 Å². The molecule has 4 rings (SSSR count). The van der Waals surface area contributed by atoms with Gasteiger partial charge in [-0.3, -0.25) is 4.98 Å². The summed E-state index contributed by atoms with van der Waals surface area (Å²) in [7, 11) is 0. The van der Waals surface area contributed by atoms with Gasteiger partial charge in [0.2, 0.25) is 0 Å². The molecular formula is C18H13ClN4. The average molecular weight is 321 g/mol. The zero-order valence-electron chi connectivity index (χ0n) is 12.4. The highest BCUT2D eigenvalue weighted by molar-refractivity contribution is 6.33.